The van der Waals surface area contributed by atoms with Crippen molar-refractivity contribution in [3.05, 3.63) is 61.0 Å². The van der Waals surface area contributed by atoms with Crippen molar-refractivity contribution in [2.24, 2.45) is 0 Å². The third-order valence-corrected chi connectivity index (χ3v) is 2.32. The monoisotopic (exact) mass is 227 g/mol. The summed E-state index contributed by atoms with van der Waals surface area (Å²) in [5.41, 5.74) is 1.18. The maximum absolute atomic E-state index is 5.72. The average Bonchev–Trinajstić information content (AvgIpc) is 2.32. The minimum atomic E-state index is 0.429. The molecule has 2 aromatic rings. The summed E-state index contributed by atoms with van der Waals surface area (Å²) in [4.78, 5) is 0. The molecule has 2 nitrogen and oxygen atoms in total. The lowest BCUT2D eigenvalue weighted by atomic mass is 10.2. The van der Waals surface area contributed by atoms with Gasteiger partial charge in [0.15, 0.2) is 0 Å². The number of benzene rings is 2. The average molecular weight is 227 g/mol. The Bertz CT molecular complexity index is 475. The quantitative estimate of drug-likeness (QED) is 0.786. The van der Waals surface area contributed by atoms with Gasteiger partial charge in [-0.05, 0) is 55.8 Å². The summed E-state index contributed by atoms with van der Waals surface area (Å²) in [6.45, 7) is 6.10. The summed E-state index contributed by atoms with van der Waals surface area (Å²) in [6, 6.07) is 15.5. The van der Waals surface area contributed by atoms with Crippen LogP contribution in [0.25, 0.3) is 0 Å². The molecular formula is C15H15O2. The van der Waals surface area contributed by atoms with Crippen LogP contribution in [0.2, 0.25) is 0 Å². The first-order chi connectivity index (χ1) is 8.28. The zero-order valence-corrected chi connectivity index (χ0v) is 9.85. The molecule has 2 heteroatoms. The lowest BCUT2D eigenvalue weighted by Gasteiger charge is -2.07. The third-order valence-electron chi connectivity index (χ3n) is 2.32. The highest BCUT2D eigenvalue weighted by atomic mass is 16.5. The molecule has 2 rings (SSSR count). The molecule has 0 atom stereocenters. The van der Waals surface area contributed by atoms with E-state index in [1.165, 1.54) is 5.56 Å². The van der Waals surface area contributed by atoms with E-state index >= 15 is 0 Å². The van der Waals surface area contributed by atoms with Gasteiger partial charge in [-0.1, -0.05) is 12.1 Å². The molecule has 0 N–H and O–H groups in total. The van der Waals surface area contributed by atoms with Gasteiger partial charge in [0.25, 0.3) is 0 Å². The van der Waals surface area contributed by atoms with Crippen molar-refractivity contribution in [3.63, 3.8) is 0 Å². The summed E-state index contributed by atoms with van der Waals surface area (Å²) in [5.74, 6) is 2.44. The van der Waals surface area contributed by atoms with Gasteiger partial charge in [-0.3, -0.25) is 0 Å². The normalized spacial score (nSPS) is 10.0. The van der Waals surface area contributed by atoms with E-state index < -0.39 is 0 Å². The molecule has 0 aliphatic carbocycles. The van der Waals surface area contributed by atoms with E-state index in [1.807, 2.05) is 55.5 Å². The minimum Gasteiger partial charge on any atom is -0.494 e. The Morgan fingerprint density at radius 3 is 2.29 bits per heavy atom. The molecule has 0 aliphatic rings. The molecule has 0 amide bonds. The number of hydrogen-bond donors (Lipinski definition) is 0. The second-order valence-corrected chi connectivity index (χ2v) is 3.74. The molecule has 2 aromatic carbocycles. The number of rotatable bonds is 4. The van der Waals surface area contributed by atoms with E-state index in [4.69, 9.17) is 9.47 Å². The molecule has 0 unspecified atom stereocenters. The molecule has 0 aliphatic heterocycles. The van der Waals surface area contributed by atoms with Crippen LogP contribution >= 0.6 is 0 Å². The van der Waals surface area contributed by atoms with Crippen LogP contribution in [0.4, 0.5) is 0 Å². The molecule has 1 radical (unpaired) electrons. The molecule has 0 saturated carbocycles. The van der Waals surface area contributed by atoms with Gasteiger partial charge in [-0.25, -0.2) is 0 Å². The lowest BCUT2D eigenvalue weighted by Crippen LogP contribution is -1.91. The standard InChI is InChI=1S/C15H15O2/c1-3-16-13-7-9-14(10-8-13)17-15-6-4-5-12(2)11-15/h4-11H,1,3H2,2H3. The van der Waals surface area contributed by atoms with Crippen LogP contribution in [0.5, 0.6) is 17.2 Å². The second-order valence-electron chi connectivity index (χ2n) is 3.74. The van der Waals surface area contributed by atoms with Crippen molar-refractivity contribution in [2.75, 3.05) is 6.61 Å². The van der Waals surface area contributed by atoms with Crippen LogP contribution in [-0.2, 0) is 0 Å². The smallest absolute Gasteiger partial charge is 0.127 e. The highest BCUT2D eigenvalue weighted by Gasteiger charge is 1.98. The van der Waals surface area contributed by atoms with E-state index in [0.29, 0.717) is 6.61 Å². The van der Waals surface area contributed by atoms with Crippen molar-refractivity contribution in [3.8, 4) is 17.2 Å². The molecule has 0 aromatic heterocycles. The van der Waals surface area contributed by atoms with Crippen molar-refractivity contribution < 1.29 is 9.47 Å². The molecule has 0 bridgehead atoms. The van der Waals surface area contributed by atoms with Gasteiger partial charge in [0.05, 0.1) is 6.61 Å². The van der Waals surface area contributed by atoms with Crippen LogP contribution in [-0.4, -0.2) is 6.61 Å². The van der Waals surface area contributed by atoms with E-state index in [1.54, 1.807) is 0 Å². The first kappa shape index (κ1) is 11.5. The molecule has 87 valence electrons. The fourth-order valence-electron chi connectivity index (χ4n) is 1.54. The maximum atomic E-state index is 5.72. The van der Waals surface area contributed by atoms with Gasteiger partial charge in [-0.2, -0.15) is 0 Å². The predicted octanol–water partition coefficient (Wildman–Crippen LogP) is 4.00. The van der Waals surface area contributed by atoms with Crippen LogP contribution in [0.15, 0.2) is 48.5 Å². The fourth-order valence-corrected chi connectivity index (χ4v) is 1.54. The Labute approximate surface area is 102 Å². The zero-order chi connectivity index (χ0) is 12.1. The van der Waals surface area contributed by atoms with Crippen molar-refractivity contribution in [1.29, 1.82) is 0 Å². The third kappa shape index (κ3) is 3.25. The number of hydrogen-bond acceptors (Lipinski definition) is 2. The van der Waals surface area contributed by atoms with Crippen LogP contribution in [0.3, 0.4) is 0 Å². The number of aryl methyl sites for hydroxylation is 1. The predicted molar refractivity (Wildman–Crippen MR) is 68.5 cm³/mol. The summed E-state index contributed by atoms with van der Waals surface area (Å²) in [6.07, 6.45) is 0. The van der Waals surface area contributed by atoms with Crippen LogP contribution in [0.1, 0.15) is 5.56 Å². The Morgan fingerprint density at radius 1 is 0.941 bits per heavy atom. The molecule has 17 heavy (non-hydrogen) atoms. The van der Waals surface area contributed by atoms with Gasteiger partial charge >= 0.3 is 0 Å². The van der Waals surface area contributed by atoms with Gasteiger partial charge in [0, 0.05) is 0 Å². The fraction of sp³-hybridized carbons (Fsp3) is 0.133. The molecule has 0 spiro atoms. The van der Waals surface area contributed by atoms with E-state index in [0.717, 1.165) is 17.2 Å². The maximum Gasteiger partial charge on any atom is 0.127 e. The lowest BCUT2D eigenvalue weighted by molar-refractivity contribution is 0.360. The number of ether oxygens (including phenoxy) is 2. The summed E-state index contributed by atoms with van der Waals surface area (Å²) in [7, 11) is 0. The topological polar surface area (TPSA) is 18.5 Å². The Kier molecular flexibility index (Phi) is 3.66. The SMILES string of the molecule is [CH2]COc1ccc(Oc2cccc(C)c2)cc1. The van der Waals surface area contributed by atoms with Gasteiger partial charge in [0.1, 0.15) is 17.2 Å². The Balaban J connectivity index is 2.08. The minimum absolute atomic E-state index is 0.429. The highest BCUT2D eigenvalue weighted by Crippen LogP contribution is 2.24. The second kappa shape index (κ2) is 5.39. The van der Waals surface area contributed by atoms with E-state index in [9.17, 15) is 0 Å². The molecule has 0 saturated heterocycles. The van der Waals surface area contributed by atoms with Crippen molar-refractivity contribution in [2.45, 2.75) is 6.92 Å². The van der Waals surface area contributed by atoms with Crippen LogP contribution in [0, 0.1) is 13.8 Å². The van der Waals surface area contributed by atoms with Crippen LogP contribution < -0.4 is 9.47 Å². The first-order valence-corrected chi connectivity index (χ1v) is 5.54. The Hall–Kier alpha value is -1.96. The highest BCUT2D eigenvalue weighted by molar-refractivity contribution is 5.36. The van der Waals surface area contributed by atoms with Gasteiger partial charge in [0.2, 0.25) is 0 Å². The molecular weight excluding hydrogens is 212 g/mol. The first-order valence-electron chi connectivity index (χ1n) is 5.54. The van der Waals surface area contributed by atoms with Gasteiger partial charge in [-0.15, -0.1) is 0 Å². The van der Waals surface area contributed by atoms with E-state index in [2.05, 4.69) is 6.92 Å². The zero-order valence-electron chi connectivity index (χ0n) is 9.85. The summed E-state index contributed by atoms with van der Waals surface area (Å²) >= 11 is 0. The summed E-state index contributed by atoms with van der Waals surface area (Å²) in [5, 5.41) is 0. The van der Waals surface area contributed by atoms with Crippen molar-refractivity contribution in [1.82, 2.24) is 0 Å². The van der Waals surface area contributed by atoms with E-state index in [-0.39, 0.29) is 0 Å². The molecule has 0 fully saturated rings. The largest absolute Gasteiger partial charge is 0.494 e. The van der Waals surface area contributed by atoms with Gasteiger partial charge < -0.3 is 9.47 Å². The summed E-state index contributed by atoms with van der Waals surface area (Å²) < 4.78 is 11.0. The molecule has 0 heterocycles. The Morgan fingerprint density at radius 2 is 1.65 bits per heavy atom. The van der Waals surface area contributed by atoms with Crippen molar-refractivity contribution >= 4 is 0 Å².